The summed E-state index contributed by atoms with van der Waals surface area (Å²) in [6.07, 6.45) is 1.61. The van der Waals surface area contributed by atoms with Crippen molar-refractivity contribution in [1.82, 2.24) is 0 Å². The van der Waals surface area contributed by atoms with Gasteiger partial charge < -0.3 is 4.74 Å². The molecule has 0 unspecified atom stereocenters. The molecular weight excluding hydrogens is 327 g/mol. The zero-order valence-corrected chi connectivity index (χ0v) is 14.0. The molecule has 0 fully saturated rings. The van der Waals surface area contributed by atoms with E-state index in [2.05, 4.69) is 11.1 Å². The van der Waals surface area contributed by atoms with Crippen LogP contribution in [0.5, 0.6) is 5.75 Å². The highest BCUT2D eigenvalue weighted by Gasteiger charge is 2.12. The van der Waals surface area contributed by atoms with E-state index in [1.54, 1.807) is 18.3 Å². The summed E-state index contributed by atoms with van der Waals surface area (Å²) < 4.78 is 5.26. The van der Waals surface area contributed by atoms with Crippen LogP contribution in [0.2, 0.25) is 10.0 Å². The molecule has 0 bridgehead atoms. The van der Waals surface area contributed by atoms with Crippen molar-refractivity contribution in [2.75, 3.05) is 7.11 Å². The molecule has 0 amide bonds. The van der Waals surface area contributed by atoms with E-state index in [-0.39, 0.29) is 0 Å². The van der Waals surface area contributed by atoms with Gasteiger partial charge in [0.1, 0.15) is 16.8 Å². The molecule has 0 aliphatic carbocycles. The molecule has 0 saturated carbocycles. The summed E-state index contributed by atoms with van der Waals surface area (Å²) in [4.78, 5) is 5.47. The number of thiophene rings is 1. The first-order chi connectivity index (χ1) is 9.97. The second kappa shape index (κ2) is 6.48. The largest absolute Gasteiger partial charge is 0.495 e. The summed E-state index contributed by atoms with van der Waals surface area (Å²) in [5.74, 6) is 0.508. The Balaban J connectivity index is 2.48. The molecule has 1 aromatic carbocycles. The van der Waals surface area contributed by atoms with E-state index in [9.17, 15) is 5.26 Å². The average molecular weight is 339 g/mol. The Kier molecular flexibility index (Phi) is 4.89. The van der Waals surface area contributed by atoms with Crippen LogP contribution in [0.25, 0.3) is 0 Å². The maximum Gasteiger partial charge on any atom is 0.146 e. The van der Waals surface area contributed by atoms with Crippen LogP contribution >= 0.6 is 34.5 Å². The molecule has 1 aromatic heterocycles. The van der Waals surface area contributed by atoms with Crippen LogP contribution in [-0.2, 0) is 0 Å². The summed E-state index contributed by atoms with van der Waals surface area (Å²) in [5.41, 5.74) is 2.23. The zero-order chi connectivity index (χ0) is 15.6. The van der Waals surface area contributed by atoms with Crippen LogP contribution in [0.4, 0.5) is 5.00 Å². The Hall–Kier alpha value is -1.54. The Morgan fingerprint density at radius 1 is 1.33 bits per heavy atom. The first-order valence-corrected chi connectivity index (χ1v) is 7.62. The normalized spacial score (nSPS) is 10.9. The lowest BCUT2D eigenvalue weighted by Crippen LogP contribution is -1.92. The van der Waals surface area contributed by atoms with Crippen LogP contribution in [0.15, 0.2) is 17.1 Å². The van der Waals surface area contributed by atoms with E-state index in [0.717, 1.165) is 10.4 Å². The number of hydrogen-bond acceptors (Lipinski definition) is 4. The molecule has 0 spiro atoms. The minimum atomic E-state index is 0.422. The lowest BCUT2D eigenvalue weighted by molar-refractivity contribution is 0.414. The fourth-order valence-electron chi connectivity index (χ4n) is 1.85. The molecule has 0 atom stereocenters. The number of aryl methyl sites for hydroxylation is 1. The number of benzene rings is 1. The molecule has 2 aromatic rings. The van der Waals surface area contributed by atoms with Gasteiger partial charge in [0, 0.05) is 21.7 Å². The summed E-state index contributed by atoms with van der Waals surface area (Å²) in [5, 5.41) is 10.8. The van der Waals surface area contributed by atoms with E-state index < -0.39 is 0 Å². The Labute approximate surface area is 137 Å². The molecule has 0 aliphatic heterocycles. The van der Waals surface area contributed by atoms with Crippen molar-refractivity contribution in [3.63, 3.8) is 0 Å². The highest BCUT2D eigenvalue weighted by Crippen LogP contribution is 2.35. The van der Waals surface area contributed by atoms with E-state index in [0.29, 0.717) is 31.9 Å². The van der Waals surface area contributed by atoms with Gasteiger partial charge in [0.2, 0.25) is 0 Å². The Bertz CT molecular complexity index is 760. The number of rotatable bonds is 3. The molecule has 108 valence electrons. The third-order valence-electron chi connectivity index (χ3n) is 3.04. The van der Waals surface area contributed by atoms with E-state index in [1.165, 1.54) is 18.4 Å². The van der Waals surface area contributed by atoms with Gasteiger partial charge >= 0.3 is 0 Å². The van der Waals surface area contributed by atoms with Crippen LogP contribution < -0.4 is 4.74 Å². The predicted molar refractivity (Wildman–Crippen MR) is 88.8 cm³/mol. The van der Waals surface area contributed by atoms with Gasteiger partial charge in [-0.15, -0.1) is 11.3 Å². The summed E-state index contributed by atoms with van der Waals surface area (Å²) in [6.45, 7) is 3.89. The first kappa shape index (κ1) is 15.8. The second-order valence-corrected chi connectivity index (χ2v) is 6.39. The van der Waals surface area contributed by atoms with Crippen molar-refractivity contribution in [3.8, 4) is 11.8 Å². The standard InChI is InChI=1S/C15H12Cl2N2OS/c1-8-9(2)21-15(12(8)6-18)19-7-10-4-11(16)5-13(17)14(10)20-3/h4-5,7H,1-3H3. The van der Waals surface area contributed by atoms with Gasteiger partial charge in [-0.3, -0.25) is 0 Å². The summed E-state index contributed by atoms with van der Waals surface area (Å²) in [7, 11) is 1.53. The summed E-state index contributed by atoms with van der Waals surface area (Å²) >= 11 is 13.6. The molecule has 0 radical (unpaired) electrons. The van der Waals surface area contributed by atoms with Gasteiger partial charge in [-0.05, 0) is 31.5 Å². The Morgan fingerprint density at radius 2 is 2.05 bits per heavy atom. The number of ether oxygens (including phenoxy) is 1. The average Bonchev–Trinajstić information content (AvgIpc) is 2.70. The number of aliphatic imine (C=N–C) groups is 1. The van der Waals surface area contributed by atoms with Crippen molar-refractivity contribution in [2.45, 2.75) is 13.8 Å². The molecule has 21 heavy (non-hydrogen) atoms. The van der Waals surface area contributed by atoms with Crippen molar-refractivity contribution in [1.29, 1.82) is 5.26 Å². The quantitative estimate of drug-likeness (QED) is 0.712. The van der Waals surface area contributed by atoms with Crippen molar-refractivity contribution >= 4 is 45.8 Å². The van der Waals surface area contributed by atoms with Crippen LogP contribution in [-0.4, -0.2) is 13.3 Å². The molecular formula is C15H12Cl2N2OS. The number of nitrogens with zero attached hydrogens (tertiary/aromatic N) is 2. The molecule has 2 rings (SSSR count). The second-order valence-electron chi connectivity index (χ2n) is 4.34. The minimum Gasteiger partial charge on any atom is -0.495 e. The number of methoxy groups -OCH3 is 1. The topological polar surface area (TPSA) is 45.4 Å². The smallest absolute Gasteiger partial charge is 0.146 e. The molecule has 3 nitrogen and oxygen atoms in total. The highest BCUT2D eigenvalue weighted by molar-refractivity contribution is 7.16. The number of nitriles is 1. The summed E-state index contributed by atoms with van der Waals surface area (Å²) in [6, 6.07) is 5.51. The third-order valence-corrected chi connectivity index (χ3v) is 4.65. The third kappa shape index (κ3) is 3.21. The van der Waals surface area contributed by atoms with Gasteiger partial charge in [0.25, 0.3) is 0 Å². The molecule has 6 heteroatoms. The van der Waals surface area contributed by atoms with Crippen molar-refractivity contribution < 1.29 is 4.74 Å². The van der Waals surface area contributed by atoms with Gasteiger partial charge in [0.15, 0.2) is 0 Å². The van der Waals surface area contributed by atoms with Gasteiger partial charge in [-0.25, -0.2) is 4.99 Å². The fraction of sp³-hybridized carbons (Fsp3) is 0.200. The van der Waals surface area contributed by atoms with E-state index in [4.69, 9.17) is 27.9 Å². The van der Waals surface area contributed by atoms with E-state index in [1.807, 2.05) is 13.8 Å². The minimum absolute atomic E-state index is 0.422. The highest BCUT2D eigenvalue weighted by atomic mass is 35.5. The van der Waals surface area contributed by atoms with Crippen LogP contribution in [0.3, 0.4) is 0 Å². The molecule has 0 aliphatic rings. The molecule has 0 saturated heterocycles. The first-order valence-electron chi connectivity index (χ1n) is 6.05. The lowest BCUT2D eigenvalue weighted by Gasteiger charge is -2.07. The molecule has 1 heterocycles. The molecule has 0 N–H and O–H groups in total. The van der Waals surface area contributed by atoms with E-state index >= 15 is 0 Å². The number of hydrogen-bond donors (Lipinski definition) is 0. The maximum absolute atomic E-state index is 9.21. The van der Waals surface area contributed by atoms with Crippen molar-refractivity contribution in [3.05, 3.63) is 43.7 Å². The fourth-order valence-corrected chi connectivity index (χ4v) is 3.39. The van der Waals surface area contributed by atoms with Crippen LogP contribution in [0.1, 0.15) is 21.6 Å². The van der Waals surface area contributed by atoms with Crippen molar-refractivity contribution in [2.24, 2.45) is 4.99 Å². The van der Waals surface area contributed by atoms with Gasteiger partial charge in [-0.2, -0.15) is 5.26 Å². The SMILES string of the molecule is COc1c(Cl)cc(Cl)cc1C=Nc1sc(C)c(C)c1C#N. The zero-order valence-electron chi connectivity index (χ0n) is 11.7. The van der Waals surface area contributed by atoms with Gasteiger partial charge in [-0.1, -0.05) is 23.2 Å². The maximum atomic E-state index is 9.21. The monoisotopic (exact) mass is 338 g/mol. The van der Waals surface area contributed by atoms with Gasteiger partial charge in [0.05, 0.1) is 17.7 Å². The Morgan fingerprint density at radius 3 is 2.67 bits per heavy atom. The predicted octanol–water partition coefficient (Wildman–Crippen LogP) is 5.30. The van der Waals surface area contributed by atoms with Crippen LogP contribution in [0, 0.1) is 25.2 Å². The number of halogens is 2. The lowest BCUT2D eigenvalue weighted by atomic mass is 10.2.